The molecule has 1 aromatic rings. The first-order chi connectivity index (χ1) is 10.3. The lowest BCUT2D eigenvalue weighted by molar-refractivity contribution is 0.0517. The number of ether oxygens (including phenoxy) is 1. The summed E-state index contributed by atoms with van der Waals surface area (Å²) in [5.41, 5.74) is 0.0619. The van der Waals surface area contributed by atoms with Crippen LogP contribution in [-0.2, 0) is 4.74 Å². The fourth-order valence-corrected chi connectivity index (χ4v) is 2.72. The number of hydrogen-bond acceptors (Lipinski definition) is 3. The Morgan fingerprint density at radius 1 is 1.36 bits per heavy atom. The molecule has 1 aliphatic rings. The Labute approximate surface area is 131 Å². The molecule has 2 amide bonds. The Hall–Kier alpha value is -1.98. The highest BCUT2D eigenvalue weighted by Crippen LogP contribution is 2.25. The molecule has 2 unspecified atom stereocenters. The van der Waals surface area contributed by atoms with E-state index in [1.165, 1.54) is 0 Å². The first-order valence-electron chi connectivity index (χ1n) is 7.76. The van der Waals surface area contributed by atoms with Crippen LogP contribution >= 0.6 is 0 Å². The molecular weight excluding hydrogens is 282 g/mol. The predicted molar refractivity (Wildman–Crippen MR) is 83.6 cm³/mol. The van der Waals surface area contributed by atoms with Crippen LogP contribution in [0.5, 0.6) is 0 Å². The summed E-state index contributed by atoms with van der Waals surface area (Å²) in [7, 11) is 0. The number of amides is 2. The second-order valence-corrected chi connectivity index (χ2v) is 6.74. The summed E-state index contributed by atoms with van der Waals surface area (Å²) in [6.07, 6.45) is 4.30. The molecule has 22 heavy (non-hydrogen) atoms. The molecular formula is C16H25N3O3. The smallest absolute Gasteiger partial charge is 0.407 e. The molecule has 1 fully saturated rings. The van der Waals surface area contributed by atoms with Crippen molar-refractivity contribution in [3.05, 3.63) is 24.0 Å². The molecule has 6 nitrogen and oxygen atoms in total. The van der Waals surface area contributed by atoms with Crippen molar-refractivity contribution in [1.29, 1.82) is 0 Å². The van der Waals surface area contributed by atoms with Crippen molar-refractivity contribution in [2.75, 3.05) is 6.54 Å². The van der Waals surface area contributed by atoms with Crippen molar-refractivity contribution in [1.82, 2.24) is 15.6 Å². The third-order valence-electron chi connectivity index (χ3n) is 3.73. The van der Waals surface area contributed by atoms with Gasteiger partial charge in [0.1, 0.15) is 11.3 Å². The fourth-order valence-electron chi connectivity index (χ4n) is 2.72. The Kier molecular flexibility index (Phi) is 5.11. The SMILES string of the molecule is CC(C)(C)OC(=O)NCC1CCCC1NC(=O)c1ccc[nH]1. The van der Waals surface area contributed by atoms with Gasteiger partial charge in [0.05, 0.1) is 0 Å². The molecule has 0 spiro atoms. The summed E-state index contributed by atoms with van der Waals surface area (Å²) < 4.78 is 5.23. The number of alkyl carbamates (subject to hydrolysis) is 1. The van der Waals surface area contributed by atoms with E-state index in [1.54, 1.807) is 18.3 Å². The minimum Gasteiger partial charge on any atom is -0.444 e. The van der Waals surface area contributed by atoms with Gasteiger partial charge in [-0.15, -0.1) is 0 Å². The molecule has 6 heteroatoms. The van der Waals surface area contributed by atoms with E-state index in [9.17, 15) is 9.59 Å². The van der Waals surface area contributed by atoms with Gasteiger partial charge in [0.15, 0.2) is 0 Å². The van der Waals surface area contributed by atoms with Gasteiger partial charge in [0, 0.05) is 18.8 Å². The molecule has 2 rings (SSSR count). The summed E-state index contributed by atoms with van der Waals surface area (Å²) in [6.45, 7) is 6.02. The van der Waals surface area contributed by atoms with Crippen LogP contribution in [0.3, 0.4) is 0 Å². The number of hydrogen-bond donors (Lipinski definition) is 3. The molecule has 122 valence electrons. The predicted octanol–water partition coefficient (Wildman–Crippen LogP) is 2.44. The van der Waals surface area contributed by atoms with Crippen LogP contribution in [0, 0.1) is 5.92 Å². The zero-order chi connectivity index (χ0) is 16.2. The van der Waals surface area contributed by atoms with Gasteiger partial charge < -0.3 is 20.4 Å². The van der Waals surface area contributed by atoms with Crippen LogP contribution in [0.15, 0.2) is 18.3 Å². The first kappa shape index (κ1) is 16.4. The lowest BCUT2D eigenvalue weighted by Crippen LogP contribution is -2.43. The third-order valence-corrected chi connectivity index (χ3v) is 3.73. The number of aromatic nitrogens is 1. The highest BCUT2D eigenvalue weighted by Gasteiger charge is 2.29. The number of carbonyl (C=O) groups is 2. The molecule has 2 atom stereocenters. The van der Waals surface area contributed by atoms with E-state index in [4.69, 9.17) is 4.74 Å². The number of nitrogens with one attached hydrogen (secondary N) is 3. The second-order valence-electron chi connectivity index (χ2n) is 6.74. The van der Waals surface area contributed by atoms with Crippen LogP contribution in [-0.4, -0.2) is 35.2 Å². The first-order valence-corrected chi connectivity index (χ1v) is 7.76. The van der Waals surface area contributed by atoms with Gasteiger partial charge in [0.25, 0.3) is 5.91 Å². The van der Waals surface area contributed by atoms with Crippen molar-refractivity contribution in [3.8, 4) is 0 Å². The van der Waals surface area contributed by atoms with Crippen LogP contribution in [0.2, 0.25) is 0 Å². The Balaban J connectivity index is 1.81. The Bertz CT molecular complexity index is 505. The summed E-state index contributed by atoms with van der Waals surface area (Å²) in [4.78, 5) is 26.7. The van der Waals surface area contributed by atoms with Crippen LogP contribution in [0.25, 0.3) is 0 Å². The molecule has 1 aliphatic carbocycles. The average molecular weight is 307 g/mol. The minimum absolute atomic E-state index is 0.0886. The standard InChI is InChI=1S/C16H25N3O3/c1-16(2,3)22-15(21)18-10-11-6-4-7-12(11)19-14(20)13-8-5-9-17-13/h5,8-9,11-12,17H,4,6-7,10H2,1-3H3,(H,18,21)(H,19,20). The summed E-state index contributed by atoms with van der Waals surface area (Å²) in [5, 5.41) is 5.84. The Morgan fingerprint density at radius 2 is 2.14 bits per heavy atom. The molecule has 0 radical (unpaired) electrons. The quantitative estimate of drug-likeness (QED) is 0.799. The third kappa shape index (κ3) is 4.79. The van der Waals surface area contributed by atoms with E-state index in [0.717, 1.165) is 19.3 Å². The van der Waals surface area contributed by atoms with E-state index in [-0.39, 0.29) is 17.9 Å². The van der Waals surface area contributed by atoms with E-state index >= 15 is 0 Å². The van der Waals surface area contributed by atoms with Crippen LogP contribution < -0.4 is 10.6 Å². The number of aromatic amines is 1. The van der Waals surface area contributed by atoms with Gasteiger partial charge in [-0.25, -0.2) is 4.79 Å². The molecule has 0 bridgehead atoms. The zero-order valence-corrected chi connectivity index (χ0v) is 13.4. The Morgan fingerprint density at radius 3 is 2.77 bits per heavy atom. The van der Waals surface area contributed by atoms with Gasteiger partial charge in [0.2, 0.25) is 0 Å². The van der Waals surface area contributed by atoms with E-state index in [1.807, 2.05) is 20.8 Å². The molecule has 1 saturated carbocycles. The van der Waals surface area contributed by atoms with Crippen molar-refractivity contribution in [2.45, 2.75) is 51.7 Å². The van der Waals surface area contributed by atoms with Crippen molar-refractivity contribution in [2.24, 2.45) is 5.92 Å². The van der Waals surface area contributed by atoms with Crippen molar-refractivity contribution < 1.29 is 14.3 Å². The second kappa shape index (κ2) is 6.85. The normalized spacial score (nSPS) is 21.4. The van der Waals surface area contributed by atoms with Gasteiger partial charge >= 0.3 is 6.09 Å². The largest absolute Gasteiger partial charge is 0.444 e. The number of H-pyrrole nitrogens is 1. The van der Waals surface area contributed by atoms with Gasteiger partial charge in [-0.3, -0.25) is 4.79 Å². The van der Waals surface area contributed by atoms with Crippen molar-refractivity contribution >= 4 is 12.0 Å². The lowest BCUT2D eigenvalue weighted by Gasteiger charge is -2.23. The molecule has 3 N–H and O–H groups in total. The number of rotatable bonds is 4. The van der Waals surface area contributed by atoms with Crippen LogP contribution in [0.1, 0.15) is 50.5 Å². The van der Waals surface area contributed by atoms with Crippen molar-refractivity contribution in [3.63, 3.8) is 0 Å². The summed E-state index contributed by atoms with van der Waals surface area (Å²) >= 11 is 0. The maximum atomic E-state index is 12.1. The summed E-state index contributed by atoms with van der Waals surface area (Å²) in [6, 6.07) is 3.63. The topological polar surface area (TPSA) is 83.2 Å². The molecule has 1 aromatic heterocycles. The monoisotopic (exact) mass is 307 g/mol. The van der Waals surface area contributed by atoms with Crippen LogP contribution in [0.4, 0.5) is 4.79 Å². The lowest BCUT2D eigenvalue weighted by atomic mass is 10.0. The minimum atomic E-state index is -0.499. The number of carbonyl (C=O) groups excluding carboxylic acids is 2. The van der Waals surface area contributed by atoms with E-state index < -0.39 is 11.7 Å². The molecule has 0 aromatic carbocycles. The van der Waals surface area contributed by atoms with Gasteiger partial charge in [-0.2, -0.15) is 0 Å². The molecule has 1 heterocycles. The van der Waals surface area contributed by atoms with Gasteiger partial charge in [-0.1, -0.05) is 6.42 Å². The zero-order valence-electron chi connectivity index (χ0n) is 13.4. The highest BCUT2D eigenvalue weighted by atomic mass is 16.6. The van der Waals surface area contributed by atoms with Gasteiger partial charge in [-0.05, 0) is 51.7 Å². The average Bonchev–Trinajstić information content (AvgIpc) is 3.05. The molecule has 0 aliphatic heterocycles. The van der Waals surface area contributed by atoms with E-state index in [2.05, 4.69) is 15.6 Å². The summed E-state index contributed by atoms with van der Waals surface area (Å²) in [5.74, 6) is 0.144. The van der Waals surface area contributed by atoms with E-state index in [0.29, 0.717) is 12.2 Å². The molecule has 0 saturated heterocycles. The highest BCUT2D eigenvalue weighted by molar-refractivity contribution is 5.92. The maximum absolute atomic E-state index is 12.1. The fraction of sp³-hybridized carbons (Fsp3) is 0.625. The maximum Gasteiger partial charge on any atom is 0.407 e.